The molecule has 0 nitrogen and oxygen atoms in total. The summed E-state index contributed by atoms with van der Waals surface area (Å²) in [6, 6.07) is 19.5. The Kier molecular flexibility index (Phi) is 6.23. The number of fused-ring (bicyclic) bond motifs is 1. The Balaban J connectivity index is 0.000000810. The van der Waals surface area contributed by atoms with Crippen LogP contribution in [0.4, 0.5) is 0 Å². The van der Waals surface area contributed by atoms with Crippen molar-refractivity contribution in [2.45, 2.75) is 5.92 Å². The monoisotopic (exact) mass is 439 g/mol. The van der Waals surface area contributed by atoms with Gasteiger partial charge in [-0.15, -0.1) is 0 Å². The van der Waals surface area contributed by atoms with Crippen LogP contribution in [0, 0.1) is 0 Å². The summed E-state index contributed by atoms with van der Waals surface area (Å²) in [6.45, 7) is 0. The second-order valence-corrected chi connectivity index (χ2v) is 5.49. The van der Waals surface area contributed by atoms with E-state index in [-0.39, 0.29) is 34.0 Å². The fourth-order valence-corrected chi connectivity index (χ4v) is 3.50. The molecule has 0 N–H and O–H groups in total. The maximum absolute atomic E-state index is 2.34. The molecule has 0 fully saturated rings. The van der Waals surface area contributed by atoms with Crippen LogP contribution in [0.15, 0.2) is 57.9 Å². The van der Waals surface area contributed by atoms with Gasteiger partial charge in [-0.3, -0.25) is 0 Å². The van der Waals surface area contributed by atoms with Crippen LogP contribution < -0.4 is 34.0 Å². The third-order valence-electron chi connectivity index (χ3n) is 3.06. The topological polar surface area (TPSA) is 0 Å². The van der Waals surface area contributed by atoms with Gasteiger partial charge in [0.15, 0.2) is 0 Å². The van der Waals surface area contributed by atoms with Crippen LogP contribution >= 0.6 is 0 Å². The molecule has 0 saturated carbocycles. The molecular weight excluding hydrogens is 431 g/mol. The van der Waals surface area contributed by atoms with Crippen LogP contribution in [0.5, 0.6) is 0 Å². The van der Waals surface area contributed by atoms with Gasteiger partial charge in [-0.25, -0.2) is 0 Å². The summed E-state index contributed by atoms with van der Waals surface area (Å²) < 4.78 is 1.53. The number of benzene rings is 2. The molecule has 1 atom stereocenters. The summed E-state index contributed by atoms with van der Waals surface area (Å²) in [5, 5.41) is 0. The molecule has 1 aliphatic rings. The second-order valence-electron chi connectivity index (χ2n) is 4.07. The molecule has 1 aliphatic carbocycles. The summed E-state index contributed by atoms with van der Waals surface area (Å²) in [7, 11) is 0. The Bertz CT molecular complexity index is 549. The van der Waals surface area contributed by atoms with Gasteiger partial charge < -0.3 is 34.0 Å². The van der Waals surface area contributed by atoms with E-state index in [0.29, 0.717) is 5.92 Å². The molecule has 0 aliphatic heterocycles. The van der Waals surface area contributed by atoms with Gasteiger partial charge >= 0.3 is 111 Å². The Morgan fingerprint density at radius 1 is 0.778 bits per heavy atom. The predicted octanol–water partition coefficient (Wildman–Crippen LogP) is -2.27. The average Bonchev–Trinajstić information content (AvgIpc) is 2.66. The first-order valence-electron chi connectivity index (χ1n) is 5.43. The van der Waals surface area contributed by atoms with Crippen molar-refractivity contribution in [3.8, 4) is 0 Å². The normalized spacial score (nSPS) is 16.1. The average molecular weight is 442 g/mol. The van der Waals surface area contributed by atoms with Crippen LogP contribution in [0.2, 0.25) is 0 Å². The summed E-state index contributed by atoms with van der Waals surface area (Å²) in [5.74, 6) is 0.496. The van der Waals surface area contributed by atoms with Gasteiger partial charge in [0.2, 0.25) is 0 Å². The minimum atomic E-state index is 0. The SMILES string of the molecule is [Br-].[Br-].[Zr+2][C]1=Cc2ccccc2C1c1ccccc1. The quantitative estimate of drug-likeness (QED) is 0.468. The van der Waals surface area contributed by atoms with E-state index in [4.69, 9.17) is 0 Å². The minimum absolute atomic E-state index is 0. The maximum atomic E-state index is 2.34. The molecule has 3 rings (SSSR count). The van der Waals surface area contributed by atoms with Crippen molar-refractivity contribution in [3.63, 3.8) is 0 Å². The van der Waals surface area contributed by atoms with E-state index in [2.05, 4.69) is 60.7 Å². The third kappa shape index (κ3) is 2.95. The van der Waals surface area contributed by atoms with Crippen LogP contribution in [-0.2, 0) is 24.7 Å². The molecule has 0 spiro atoms. The fourth-order valence-electron chi connectivity index (χ4n) is 2.33. The van der Waals surface area contributed by atoms with E-state index in [1.165, 1.54) is 44.7 Å². The van der Waals surface area contributed by atoms with E-state index in [1.807, 2.05) is 0 Å². The standard InChI is InChI=1S/C15H11.2BrH.Zr/c1-2-6-12(7-3-1)15-11-10-13-8-4-5-9-14(13)15;;;/h1-10,15H;2*1H;/q;;;+2/p-2. The predicted molar refractivity (Wildman–Crippen MR) is 62.7 cm³/mol. The van der Waals surface area contributed by atoms with Crippen LogP contribution in [0.25, 0.3) is 6.08 Å². The van der Waals surface area contributed by atoms with Crippen LogP contribution in [0.1, 0.15) is 22.6 Å². The van der Waals surface area contributed by atoms with Crippen LogP contribution in [-0.4, -0.2) is 0 Å². The van der Waals surface area contributed by atoms with Crippen molar-refractivity contribution in [2.24, 2.45) is 0 Å². The Hall–Kier alpha value is 0.0231. The zero-order valence-electron chi connectivity index (χ0n) is 9.61. The van der Waals surface area contributed by atoms with E-state index in [9.17, 15) is 0 Å². The molecule has 0 amide bonds. The second kappa shape index (κ2) is 6.98. The van der Waals surface area contributed by atoms with Crippen LogP contribution in [0.3, 0.4) is 0 Å². The molecular formula is C15H11Br2Zr. The Morgan fingerprint density at radius 3 is 2.11 bits per heavy atom. The van der Waals surface area contributed by atoms with Crippen molar-refractivity contribution in [3.05, 3.63) is 74.6 Å². The van der Waals surface area contributed by atoms with E-state index < -0.39 is 0 Å². The fraction of sp³-hybridized carbons (Fsp3) is 0.0667. The zero-order chi connectivity index (χ0) is 11.0. The van der Waals surface area contributed by atoms with E-state index in [1.54, 1.807) is 0 Å². The molecule has 0 saturated heterocycles. The molecule has 89 valence electrons. The van der Waals surface area contributed by atoms with Gasteiger partial charge in [-0.1, -0.05) is 0 Å². The molecule has 1 unspecified atom stereocenters. The van der Waals surface area contributed by atoms with Gasteiger partial charge in [-0.05, 0) is 0 Å². The molecule has 0 bridgehead atoms. The summed E-state index contributed by atoms with van der Waals surface area (Å²) in [4.78, 5) is 0. The number of hydrogen-bond donors (Lipinski definition) is 0. The number of halogens is 2. The van der Waals surface area contributed by atoms with Gasteiger partial charge in [0.05, 0.1) is 0 Å². The van der Waals surface area contributed by atoms with E-state index in [0.717, 1.165) is 0 Å². The molecule has 3 heteroatoms. The van der Waals surface area contributed by atoms with E-state index >= 15 is 0 Å². The van der Waals surface area contributed by atoms with Crippen molar-refractivity contribution < 1.29 is 58.7 Å². The van der Waals surface area contributed by atoms with Crippen molar-refractivity contribution in [1.29, 1.82) is 0 Å². The van der Waals surface area contributed by atoms with Gasteiger partial charge in [0, 0.05) is 0 Å². The molecule has 0 radical (unpaired) electrons. The molecule has 18 heavy (non-hydrogen) atoms. The van der Waals surface area contributed by atoms with Crippen molar-refractivity contribution in [2.75, 3.05) is 0 Å². The van der Waals surface area contributed by atoms with Gasteiger partial charge in [0.25, 0.3) is 0 Å². The summed E-state index contributed by atoms with van der Waals surface area (Å²) >= 11 is 1.52. The Labute approximate surface area is 144 Å². The third-order valence-corrected chi connectivity index (χ3v) is 4.13. The first-order valence-corrected chi connectivity index (χ1v) is 6.66. The van der Waals surface area contributed by atoms with Crippen molar-refractivity contribution in [1.82, 2.24) is 0 Å². The molecule has 0 heterocycles. The number of rotatable bonds is 1. The van der Waals surface area contributed by atoms with Gasteiger partial charge in [-0.2, -0.15) is 0 Å². The molecule has 2 aromatic carbocycles. The van der Waals surface area contributed by atoms with Gasteiger partial charge in [0.1, 0.15) is 0 Å². The first kappa shape index (κ1) is 16.1. The number of allylic oxidation sites excluding steroid dienone is 1. The number of hydrogen-bond acceptors (Lipinski definition) is 0. The Morgan fingerprint density at radius 2 is 1.39 bits per heavy atom. The molecule has 2 aromatic rings. The van der Waals surface area contributed by atoms with Crippen molar-refractivity contribution >= 4 is 6.08 Å². The summed E-state index contributed by atoms with van der Waals surface area (Å²) in [6.07, 6.45) is 2.34. The zero-order valence-corrected chi connectivity index (χ0v) is 15.2. The first-order chi connectivity index (χ1) is 7.86. The summed E-state index contributed by atoms with van der Waals surface area (Å²) in [5.41, 5.74) is 4.26. The molecule has 0 aromatic heterocycles.